The van der Waals surface area contributed by atoms with E-state index < -0.39 is 0 Å². The Balaban J connectivity index is 0.00000288. The van der Waals surface area contributed by atoms with Crippen LogP contribution in [0.3, 0.4) is 0 Å². The molecular formula is C20H28ClNO2. The second kappa shape index (κ2) is 9.55. The Morgan fingerprint density at radius 2 is 1.62 bits per heavy atom. The minimum Gasteiger partial charge on any atom is -0.493 e. The van der Waals surface area contributed by atoms with E-state index >= 15 is 0 Å². The lowest BCUT2D eigenvalue weighted by Gasteiger charge is -2.21. The molecule has 1 N–H and O–H groups in total. The van der Waals surface area contributed by atoms with Crippen LogP contribution in [-0.4, -0.2) is 19.3 Å². The van der Waals surface area contributed by atoms with Gasteiger partial charge in [-0.1, -0.05) is 36.4 Å². The van der Waals surface area contributed by atoms with Crippen LogP contribution in [0.2, 0.25) is 0 Å². The summed E-state index contributed by atoms with van der Waals surface area (Å²) in [5, 5.41) is 3.48. The fourth-order valence-corrected chi connectivity index (χ4v) is 2.23. The van der Waals surface area contributed by atoms with Gasteiger partial charge in [0, 0.05) is 18.5 Å². The Bertz CT molecular complexity index is 609. The number of nitrogens with one attached hydrogen (secondary N) is 1. The first-order valence-electron chi connectivity index (χ1n) is 8.06. The monoisotopic (exact) mass is 349 g/mol. The van der Waals surface area contributed by atoms with E-state index in [4.69, 9.17) is 9.47 Å². The highest BCUT2D eigenvalue weighted by Gasteiger charge is 2.10. The van der Waals surface area contributed by atoms with Gasteiger partial charge in [-0.3, -0.25) is 0 Å². The zero-order chi connectivity index (χ0) is 16.7. The zero-order valence-electron chi connectivity index (χ0n) is 15.0. The molecule has 0 bridgehead atoms. The first kappa shape index (κ1) is 20.3. The summed E-state index contributed by atoms with van der Waals surface area (Å²) < 4.78 is 11.4. The van der Waals surface area contributed by atoms with E-state index in [2.05, 4.69) is 44.3 Å². The van der Waals surface area contributed by atoms with E-state index in [1.807, 2.05) is 30.3 Å². The SMILES string of the molecule is COc1cc(CNC(C)(C)C)ccc1OCCc1ccccc1.Cl. The van der Waals surface area contributed by atoms with Crippen molar-refractivity contribution in [3.8, 4) is 11.5 Å². The van der Waals surface area contributed by atoms with Crippen LogP contribution in [0.5, 0.6) is 11.5 Å². The third kappa shape index (κ3) is 6.81. The van der Waals surface area contributed by atoms with Crippen molar-refractivity contribution in [1.82, 2.24) is 5.32 Å². The molecule has 132 valence electrons. The molecule has 0 fully saturated rings. The molecule has 0 saturated heterocycles. The third-order valence-corrected chi connectivity index (χ3v) is 3.54. The van der Waals surface area contributed by atoms with Crippen molar-refractivity contribution in [2.75, 3.05) is 13.7 Å². The molecule has 0 atom stereocenters. The van der Waals surface area contributed by atoms with Gasteiger partial charge >= 0.3 is 0 Å². The van der Waals surface area contributed by atoms with Crippen molar-refractivity contribution in [3.63, 3.8) is 0 Å². The summed E-state index contributed by atoms with van der Waals surface area (Å²) in [5.74, 6) is 1.58. The predicted octanol–water partition coefficient (Wildman–Crippen LogP) is 4.63. The highest BCUT2D eigenvalue weighted by atomic mass is 35.5. The van der Waals surface area contributed by atoms with Crippen molar-refractivity contribution in [1.29, 1.82) is 0 Å². The maximum atomic E-state index is 5.89. The van der Waals surface area contributed by atoms with E-state index in [0.29, 0.717) is 6.61 Å². The molecule has 0 unspecified atom stereocenters. The molecule has 0 spiro atoms. The van der Waals surface area contributed by atoms with Gasteiger partial charge in [0.15, 0.2) is 11.5 Å². The van der Waals surface area contributed by atoms with E-state index in [1.54, 1.807) is 7.11 Å². The van der Waals surface area contributed by atoms with Gasteiger partial charge in [0.1, 0.15) is 0 Å². The first-order chi connectivity index (χ1) is 11.0. The summed E-state index contributed by atoms with van der Waals surface area (Å²) in [6, 6.07) is 16.5. The highest BCUT2D eigenvalue weighted by molar-refractivity contribution is 5.85. The molecule has 24 heavy (non-hydrogen) atoms. The summed E-state index contributed by atoms with van der Waals surface area (Å²) in [6.07, 6.45) is 0.886. The van der Waals surface area contributed by atoms with Crippen LogP contribution >= 0.6 is 12.4 Å². The van der Waals surface area contributed by atoms with Gasteiger partial charge in [-0.15, -0.1) is 12.4 Å². The number of halogens is 1. The molecule has 0 aliphatic carbocycles. The van der Waals surface area contributed by atoms with Gasteiger partial charge in [0.2, 0.25) is 0 Å². The predicted molar refractivity (Wildman–Crippen MR) is 102 cm³/mol. The number of rotatable bonds is 7. The molecule has 4 heteroatoms. The van der Waals surface area contributed by atoms with Gasteiger partial charge in [-0.2, -0.15) is 0 Å². The van der Waals surface area contributed by atoms with Crippen LogP contribution in [-0.2, 0) is 13.0 Å². The molecule has 0 radical (unpaired) electrons. The van der Waals surface area contributed by atoms with E-state index in [-0.39, 0.29) is 17.9 Å². The molecule has 2 aromatic carbocycles. The van der Waals surface area contributed by atoms with Gasteiger partial charge < -0.3 is 14.8 Å². The van der Waals surface area contributed by atoms with Crippen molar-refractivity contribution in [2.24, 2.45) is 0 Å². The first-order valence-corrected chi connectivity index (χ1v) is 8.06. The summed E-state index contributed by atoms with van der Waals surface area (Å²) in [7, 11) is 1.68. The molecule has 0 aromatic heterocycles. The van der Waals surface area contributed by atoms with Crippen LogP contribution in [0.4, 0.5) is 0 Å². The van der Waals surface area contributed by atoms with Gasteiger partial charge in [-0.25, -0.2) is 0 Å². The Labute approximate surface area is 151 Å². The van der Waals surface area contributed by atoms with Crippen molar-refractivity contribution in [2.45, 2.75) is 39.3 Å². The van der Waals surface area contributed by atoms with Gasteiger partial charge in [0.05, 0.1) is 13.7 Å². The van der Waals surface area contributed by atoms with E-state index in [9.17, 15) is 0 Å². The van der Waals surface area contributed by atoms with Crippen LogP contribution < -0.4 is 14.8 Å². The molecular weight excluding hydrogens is 322 g/mol. The third-order valence-electron chi connectivity index (χ3n) is 3.54. The Morgan fingerprint density at radius 3 is 2.25 bits per heavy atom. The fraction of sp³-hybridized carbons (Fsp3) is 0.400. The maximum Gasteiger partial charge on any atom is 0.161 e. The minimum absolute atomic E-state index is 0. The van der Waals surface area contributed by atoms with Crippen LogP contribution in [0.25, 0.3) is 0 Å². The lowest BCUT2D eigenvalue weighted by atomic mass is 10.1. The van der Waals surface area contributed by atoms with E-state index in [1.165, 1.54) is 11.1 Å². The molecule has 0 heterocycles. The Hall–Kier alpha value is -1.71. The standard InChI is InChI=1S/C20H27NO2.ClH/c1-20(2,3)21-15-17-10-11-18(19(14-17)22-4)23-13-12-16-8-6-5-7-9-16;/h5-11,14,21H,12-13,15H2,1-4H3;1H. The Kier molecular flexibility index (Phi) is 8.09. The molecule has 2 rings (SSSR count). The normalized spacial score (nSPS) is 10.8. The smallest absolute Gasteiger partial charge is 0.161 e. The number of hydrogen-bond donors (Lipinski definition) is 1. The summed E-state index contributed by atoms with van der Waals surface area (Å²) in [5.41, 5.74) is 2.56. The lowest BCUT2D eigenvalue weighted by Crippen LogP contribution is -2.35. The lowest BCUT2D eigenvalue weighted by molar-refractivity contribution is 0.297. The number of methoxy groups -OCH3 is 1. The van der Waals surface area contributed by atoms with Crippen LogP contribution in [0.1, 0.15) is 31.9 Å². The van der Waals surface area contributed by atoms with Gasteiger partial charge in [0.25, 0.3) is 0 Å². The van der Waals surface area contributed by atoms with Crippen molar-refractivity contribution in [3.05, 3.63) is 59.7 Å². The van der Waals surface area contributed by atoms with Crippen molar-refractivity contribution < 1.29 is 9.47 Å². The molecule has 2 aromatic rings. The topological polar surface area (TPSA) is 30.5 Å². The fourth-order valence-electron chi connectivity index (χ4n) is 2.23. The average Bonchev–Trinajstić information content (AvgIpc) is 2.54. The average molecular weight is 350 g/mol. The molecule has 0 aliphatic heterocycles. The highest BCUT2D eigenvalue weighted by Crippen LogP contribution is 2.28. The second-order valence-electron chi connectivity index (χ2n) is 6.67. The second-order valence-corrected chi connectivity index (χ2v) is 6.67. The van der Waals surface area contributed by atoms with Gasteiger partial charge in [-0.05, 0) is 44.0 Å². The summed E-state index contributed by atoms with van der Waals surface area (Å²) >= 11 is 0. The zero-order valence-corrected chi connectivity index (χ0v) is 15.8. The summed E-state index contributed by atoms with van der Waals surface area (Å²) in [4.78, 5) is 0. The number of hydrogen-bond acceptors (Lipinski definition) is 3. The molecule has 0 saturated carbocycles. The van der Waals surface area contributed by atoms with Crippen LogP contribution in [0.15, 0.2) is 48.5 Å². The number of ether oxygens (including phenoxy) is 2. The van der Waals surface area contributed by atoms with E-state index in [0.717, 1.165) is 24.5 Å². The molecule has 0 amide bonds. The molecule has 3 nitrogen and oxygen atoms in total. The largest absolute Gasteiger partial charge is 0.493 e. The van der Waals surface area contributed by atoms with Crippen LogP contribution in [0, 0.1) is 0 Å². The summed E-state index contributed by atoms with van der Waals surface area (Å²) in [6.45, 7) is 7.92. The molecule has 0 aliphatic rings. The maximum absolute atomic E-state index is 5.89. The van der Waals surface area contributed by atoms with Crippen molar-refractivity contribution >= 4 is 12.4 Å². The minimum atomic E-state index is 0. The quantitative estimate of drug-likeness (QED) is 0.790. The Morgan fingerprint density at radius 1 is 0.917 bits per heavy atom. The number of benzene rings is 2.